The summed E-state index contributed by atoms with van der Waals surface area (Å²) in [6.45, 7) is 4.98. The van der Waals surface area contributed by atoms with Gasteiger partial charge in [0.05, 0.1) is 6.33 Å². The standard InChI is InChI=1S/C29H37N5O5/c1-4-5-15-33(16-17-34-21-30-27-26(34)28(36)32(3)29(37)31(27)2)18-23(35)20-39-25-14-10-9-13-24(25)38-19-22-11-7-6-8-12-22/h6-14,21,23,35H,4-5,15-20H2,1-3H3. The van der Waals surface area contributed by atoms with Gasteiger partial charge in [0.1, 0.15) is 19.3 Å². The van der Waals surface area contributed by atoms with Crippen LogP contribution in [0.5, 0.6) is 11.5 Å². The van der Waals surface area contributed by atoms with Crippen LogP contribution in [0.4, 0.5) is 0 Å². The molecule has 1 atom stereocenters. The second-order valence-electron chi connectivity index (χ2n) is 9.66. The average Bonchev–Trinajstić information content (AvgIpc) is 3.39. The monoisotopic (exact) mass is 535 g/mol. The van der Waals surface area contributed by atoms with E-state index in [0.29, 0.717) is 48.9 Å². The highest BCUT2D eigenvalue weighted by Crippen LogP contribution is 2.27. The molecule has 0 radical (unpaired) electrons. The molecule has 1 N–H and O–H groups in total. The lowest BCUT2D eigenvalue weighted by Gasteiger charge is -2.25. The first-order valence-corrected chi connectivity index (χ1v) is 13.3. The molecule has 4 aromatic rings. The Morgan fingerprint density at radius 2 is 1.64 bits per heavy atom. The van der Waals surface area contributed by atoms with Gasteiger partial charge in [-0.25, -0.2) is 9.78 Å². The minimum atomic E-state index is -0.725. The molecule has 2 aromatic heterocycles. The molecule has 39 heavy (non-hydrogen) atoms. The van der Waals surface area contributed by atoms with Crippen molar-refractivity contribution in [1.29, 1.82) is 0 Å². The number of para-hydroxylation sites is 2. The van der Waals surface area contributed by atoms with Crippen LogP contribution in [0.2, 0.25) is 0 Å². The molecule has 2 aromatic carbocycles. The Morgan fingerprint density at radius 3 is 2.36 bits per heavy atom. The fraction of sp³-hybridized carbons (Fsp3) is 0.414. The first kappa shape index (κ1) is 28.1. The van der Waals surface area contributed by atoms with Crippen molar-refractivity contribution in [2.24, 2.45) is 14.1 Å². The van der Waals surface area contributed by atoms with Crippen LogP contribution in [-0.4, -0.2) is 61.0 Å². The molecule has 0 amide bonds. The summed E-state index contributed by atoms with van der Waals surface area (Å²) in [4.78, 5) is 31.4. The summed E-state index contributed by atoms with van der Waals surface area (Å²) in [6, 6.07) is 17.4. The highest BCUT2D eigenvalue weighted by molar-refractivity contribution is 5.69. The number of aryl methyl sites for hydroxylation is 1. The summed E-state index contributed by atoms with van der Waals surface area (Å²) in [5.74, 6) is 1.21. The van der Waals surface area contributed by atoms with E-state index in [-0.39, 0.29) is 12.2 Å². The molecule has 0 saturated carbocycles. The van der Waals surface area contributed by atoms with Crippen molar-refractivity contribution in [3.8, 4) is 11.5 Å². The number of imidazole rings is 1. The second kappa shape index (κ2) is 13.3. The van der Waals surface area contributed by atoms with E-state index in [4.69, 9.17) is 9.47 Å². The zero-order valence-electron chi connectivity index (χ0n) is 22.8. The van der Waals surface area contributed by atoms with Gasteiger partial charge in [-0.05, 0) is 30.7 Å². The molecule has 0 aliphatic rings. The van der Waals surface area contributed by atoms with Crippen molar-refractivity contribution >= 4 is 11.2 Å². The number of fused-ring (bicyclic) bond motifs is 1. The fourth-order valence-corrected chi connectivity index (χ4v) is 4.45. The third-order valence-corrected chi connectivity index (χ3v) is 6.69. The van der Waals surface area contributed by atoms with Crippen LogP contribution < -0.4 is 20.7 Å². The lowest BCUT2D eigenvalue weighted by Crippen LogP contribution is -2.39. The van der Waals surface area contributed by atoms with Gasteiger partial charge in [-0.1, -0.05) is 55.8 Å². The van der Waals surface area contributed by atoms with Crippen molar-refractivity contribution in [1.82, 2.24) is 23.6 Å². The van der Waals surface area contributed by atoms with Gasteiger partial charge >= 0.3 is 5.69 Å². The molecule has 2 heterocycles. The lowest BCUT2D eigenvalue weighted by atomic mass is 10.2. The number of unbranched alkanes of at least 4 members (excludes halogenated alkanes) is 1. The lowest BCUT2D eigenvalue weighted by molar-refractivity contribution is 0.0651. The molecule has 0 bridgehead atoms. The number of hydrogen-bond donors (Lipinski definition) is 1. The average molecular weight is 536 g/mol. The highest BCUT2D eigenvalue weighted by Gasteiger charge is 2.17. The maximum Gasteiger partial charge on any atom is 0.332 e. The summed E-state index contributed by atoms with van der Waals surface area (Å²) in [6.07, 6.45) is 2.86. The van der Waals surface area contributed by atoms with Crippen LogP contribution in [0.15, 0.2) is 70.5 Å². The molecular weight excluding hydrogens is 498 g/mol. The maximum atomic E-state index is 12.8. The van der Waals surface area contributed by atoms with Gasteiger partial charge < -0.3 is 19.1 Å². The summed E-state index contributed by atoms with van der Waals surface area (Å²) >= 11 is 0. The topological polar surface area (TPSA) is 104 Å². The first-order valence-electron chi connectivity index (χ1n) is 13.3. The smallest absolute Gasteiger partial charge is 0.332 e. The number of aliphatic hydroxyl groups is 1. The minimum absolute atomic E-state index is 0.116. The summed E-state index contributed by atoms with van der Waals surface area (Å²) in [7, 11) is 3.08. The van der Waals surface area contributed by atoms with Gasteiger partial charge in [0, 0.05) is 33.7 Å². The van der Waals surface area contributed by atoms with E-state index in [1.807, 2.05) is 54.6 Å². The zero-order valence-corrected chi connectivity index (χ0v) is 22.8. The predicted octanol–water partition coefficient (Wildman–Crippen LogP) is 2.55. The van der Waals surface area contributed by atoms with Gasteiger partial charge in [0.2, 0.25) is 0 Å². The molecule has 1 unspecified atom stereocenters. The number of aliphatic hydroxyl groups excluding tert-OH is 1. The number of aromatic nitrogens is 4. The molecule has 0 fully saturated rings. The molecule has 0 aliphatic heterocycles. The van der Waals surface area contributed by atoms with Crippen LogP contribution in [0.1, 0.15) is 25.3 Å². The largest absolute Gasteiger partial charge is 0.487 e. The van der Waals surface area contributed by atoms with Crippen molar-refractivity contribution < 1.29 is 14.6 Å². The van der Waals surface area contributed by atoms with Crippen LogP contribution in [0.3, 0.4) is 0 Å². The third-order valence-electron chi connectivity index (χ3n) is 6.69. The van der Waals surface area contributed by atoms with Crippen molar-refractivity contribution in [2.75, 3.05) is 26.2 Å². The molecule has 0 spiro atoms. The molecule has 4 rings (SSSR count). The van der Waals surface area contributed by atoms with E-state index < -0.39 is 11.8 Å². The molecular formula is C29H37N5O5. The summed E-state index contributed by atoms with van der Waals surface area (Å²) in [5, 5.41) is 10.8. The number of nitrogens with zero attached hydrogens (tertiary/aromatic N) is 5. The van der Waals surface area contributed by atoms with E-state index in [1.54, 1.807) is 17.9 Å². The second-order valence-corrected chi connectivity index (χ2v) is 9.66. The van der Waals surface area contributed by atoms with Gasteiger partial charge in [-0.2, -0.15) is 0 Å². The Bertz CT molecular complexity index is 1480. The predicted molar refractivity (Wildman–Crippen MR) is 150 cm³/mol. The number of rotatable bonds is 14. The van der Waals surface area contributed by atoms with Crippen molar-refractivity contribution in [3.63, 3.8) is 0 Å². The van der Waals surface area contributed by atoms with Gasteiger partial charge in [0.25, 0.3) is 5.56 Å². The normalized spacial score (nSPS) is 12.2. The van der Waals surface area contributed by atoms with Crippen molar-refractivity contribution in [3.05, 3.63) is 87.3 Å². The van der Waals surface area contributed by atoms with Crippen molar-refractivity contribution in [2.45, 2.75) is 39.0 Å². The molecule has 10 nitrogen and oxygen atoms in total. The van der Waals surface area contributed by atoms with Gasteiger partial charge in [-0.15, -0.1) is 0 Å². The number of benzene rings is 2. The summed E-state index contributed by atoms with van der Waals surface area (Å²) in [5.41, 5.74) is 1.05. The van der Waals surface area contributed by atoms with Gasteiger partial charge in [-0.3, -0.25) is 18.8 Å². The molecule has 0 aliphatic carbocycles. The minimum Gasteiger partial charge on any atom is -0.487 e. The van der Waals surface area contributed by atoms with Crippen LogP contribution in [-0.2, 0) is 27.2 Å². The Morgan fingerprint density at radius 1 is 0.949 bits per heavy atom. The SMILES string of the molecule is CCCCN(CCn1cnc2c1c(=O)n(C)c(=O)n2C)CC(O)COc1ccccc1OCc1ccccc1. The maximum absolute atomic E-state index is 12.8. The Kier molecular flexibility index (Phi) is 9.56. The Balaban J connectivity index is 1.37. The van der Waals surface area contributed by atoms with E-state index in [9.17, 15) is 14.7 Å². The molecule has 10 heteroatoms. The quantitative estimate of drug-likeness (QED) is 0.265. The van der Waals surface area contributed by atoms with Crippen LogP contribution in [0, 0.1) is 0 Å². The Labute approximate surface area is 227 Å². The summed E-state index contributed by atoms with van der Waals surface area (Å²) < 4.78 is 16.2. The van der Waals surface area contributed by atoms with E-state index >= 15 is 0 Å². The number of ether oxygens (including phenoxy) is 2. The first-order chi connectivity index (χ1) is 18.9. The van der Waals surface area contributed by atoms with E-state index in [1.165, 1.54) is 11.6 Å². The fourth-order valence-electron chi connectivity index (χ4n) is 4.45. The highest BCUT2D eigenvalue weighted by atomic mass is 16.5. The van der Waals surface area contributed by atoms with E-state index in [2.05, 4.69) is 16.8 Å². The molecule has 208 valence electrons. The van der Waals surface area contributed by atoms with Crippen LogP contribution >= 0.6 is 0 Å². The third kappa shape index (κ3) is 6.96. The van der Waals surface area contributed by atoms with E-state index in [0.717, 1.165) is 29.5 Å². The van der Waals surface area contributed by atoms with Crippen LogP contribution in [0.25, 0.3) is 11.2 Å². The number of hydrogen-bond acceptors (Lipinski definition) is 7. The molecule has 0 saturated heterocycles. The zero-order chi connectivity index (χ0) is 27.8. The van der Waals surface area contributed by atoms with Gasteiger partial charge in [0.15, 0.2) is 22.7 Å². The Hall–Kier alpha value is -3.89.